The number of esters is 1. The van der Waals surface area contributed by atoms with Gasteiger partial charge in [-0.3, -0.25) is 0 Å². The maximum Gasteiger partial charge on any atom is 0.343 e. The predicted octanol–water partition coefficient (Wildman–Crippen LogP) is 7.13. The number of unbranched alkanes of at least 4 members (excludes halogenated alkanes) is 3. The molecule has 30 heavy (non-hydrogen) atoms. The minimum absolute atomic E-state index is 0.00544. The smallest absolute Gasteiger partial charge is 0.343 e. The van der Waals surface area contributed by atoms with E-state index >= 15 is 0 Å². The van der Waals surface area contributed by atoms with Crippen LogP contribution in [0.5, 0.6) is 11.5 Å². The van der Waals surface area contributed by atoms with Crippen LogP contribution in [0.2, 0.25) is 0 Å². The van der Waals surface area contributed by atoms with Crippen LogP contribution in [-0.4, -0.2) is 18.7 Å². The van der Waals surface area contributed by atoms with Crippen molar-refractivity contribution in [3.63, 3.8) is 0 Å². The zero-order chi connectivity index (χ0) is 21.8. The molecular formula is C26H36O4. The number of benzene rings is 2. The van der Waals surface area contributed by atoms with Crippen molar-refractivity contribution in [2.24, 2.45) is 0 Å². The molecule has 0 aromatic heterocycles. The normalized spacial score (nSPS) is 12.9. The lowest BCUT2D eigenvalue weighted by Crippen LogP contribution is -2.14. The van der Waals surface area contributed by atoms with E-state index in [9.17, 15) is 4.79 Å². The molecule has 0 fully saturated rings. The standard InChI is InChI=1S/C26H36O4/c1-5-7-8-11-19-28-21(4)22-15-17-23(18-16-22)26(27)30-25-14-10-9-13-24(25)29-20(3)12-6-2/h9-10,13-18,20-21H,5-8,11-12,19H2,1-4H3. The van der Waals surface area contributed by atoms with Gasteiger partial charge in [-0.15, -0.1) is 0 Å². The molecule has 2 unspecified atom stereocenters. The fraction of sp³-hybridized carbons (Fsp3) is 0.500. The Labute approximate surface area is 181 Å². The van der Waals surface area contributed by atoms with Crippen molar-refractivity contribution in [3.8, 4) is 11.5 Å². The lowest BCUT2D eigenvalue weighted by atomic mass is 10.1. The highest BCUT2D eigenvalue weighted by Gasteiger charge is 2.15. The minimum Gasteiger partial charge on any atom is -0.487 e. The van der Waals surface area contributed by atoms with Gasteiger partial charge in [0.2, 0.25) is 0 Å². The summed E-state index contributed by atoms with van der Waals surface area (Å²) >= 11 is 0. The minimum atomic E-state index is -0.395. The molecule has 2 aromatic carbocycles. The fourth-order valence-electron chi connectivity index (χ4n) is 3.25. The zero-order valence-electron chi connectivity index (χ0n) is 18.9. The Balaban J connectivity index is 1.93. The summed E-state index contributed by atoms with van der Waals surface area (Å²) in [7, 11) is 0. The van der Waals surface area contributed by atoms with Gasteiger partial charge in [-0.25, -0.2) is 4.79 Å². The van der Waals surface area contributed by atoms with Crippen LogP contribution in [0, 0.1) is 0 Å². The molecule has 164 valence electrons. The summed E-state index contributed by atoms with van der Waals surface area (Å²) in [4.78, 5) is 12.6. The van der Waals surface area contributed by atoms with Crippen LogP contribution >= 0.6 is 0 Å². The topological polar surface area (TPSA) is 44.8 Å². The molecule has 0 amide bonds. The Morgan fingerprint density at radius 1 is 0.867 bits per heavy atom. The average Bonchev–Trinajstić information content (AvgIpc) is 2.75. The second-order valence-corrected chi connectivity index (χ2v) is 7.75. The van der Waals surface area contributed by atoms with Crippen LogP contribution in [0.25, 0.3) is 0 Å². The predicted molar refractivity (Wildman–Crippen MR) is 121 cm³/mol. The van der Waals surface area contributed by atoms with E-state index in [1.54, 1.807) is 18.2 Å². The van der Waals surface area contributed by atoms with Crippen LogP contribution in [0.15, 0.2) is 48.5 Å². The summed E-state index contributed by atoms with van der Waals surface area (Å²) in [5, 5.41) is 0. The molecule has 0 N–H and O–H groups in total. The van der Waals surface area contributed by atoms with Crippen LogP contribution in [-0.2, 0) is 4.74 Å². The molecular weight excluding hydrogens is 376 g/mol. The van der Waals surface area contributed by atoms with Crippen LogP contribution in [0.3, 0.4) is 0 Å². The van der Waals surface area contributed by atoms with Crippen molar-refractivity contribution >= 4 is 5.97 Å². The van der Waals surface area contributed by atoms with Gasteiger partial charge < -0.3 is 14.2 Å². The third-order valence-corrected chi connectivity index (χ3v) is 5.06. The Morgan fingerprint density at radius 3 is 2.23 bits per heavy atom. The molecule has 0 bridgehead atoms. The number of carbonyl (C=O) groups is 1. The summed E-state index contributed by atoms with van der Waals surface area (Å²) in [6, 6.07) is 14.7. The number of para-hydroxylation sites is 2. The van der Waals surface area contributed by atoms with E-state index in [1.165, 1.54) is 19.3 Å². The molecule has 0 heterocycles. The molecule has 2 atom stereocenters. The maximum atomic E-state index is 12.6. The molecule has 2 aromatic rings. The summed E-state index contributed by atoms with van der Waals surface area (Å²) < 4.78 is 17.5. The highest BCUT2D eigenvalue weighted by atomic mass is 16.6. The van der Waals surface area contributed by atoms with Crippen molar-refractivity contribution in [2.75, 3.05) is 6.61 Å². The highest BCUT2D eigenvalue weighted by Crippen LogP contribution is 2.29. The first-order valence-corrected chi connectivity index (χ1v) is 11.2. The van der Waals surface area contributed by atoms with Gasteiger partial charge in [0, 0.05) is 6.61 Å². The van der Waals surface area contributed by atoms with Crippen molar-refractivity contribution < 1.29 is 19.0 Å². The summed E-state index contributed by atoms with van der Waals surface area (Å²) in [6.45, 7) is 9.15. The van der Waals surface area contributed by atoms with Crippen molar-refractivity contribution in [2.45, 2.75) is 78.4 Å². The summed E-state index contributed by atoms with van der Waals surface area (Å²) in [5.74, 6) is 0.640. The number of rotatable bonds is 13. The van der Waals surface area contributed by atoms with Gasteiger partial charge in [0.25, 0.3) is 0 Å². The molecule has 0 aliphatic heterocycles. The third kappa shape index (κ3) is 7.83. The molecule has 2 rings (SSSR count). The van der Waals surface area contributed by atoms with Crippen molar-refractivity contribution in [3.05, 3.63) is 59.7 Å². The SMILES string of the molecule is CCCCCCOC(C)c1ccc(C(=O)Oc2ccccc2OC(C)CCC)cc1. The largest absolute Gasteiger partial charge is 0.487 e. The number of carbonyl (C=O) groups excluding carboxylic acids is 1. The number of ether oxygens (including phenoxy) is 3. The van der Waals surface area contributed by atoms with E-state index in [0.717, 1.165) is 31.4 Å². The highest BCUT2D eigenvalue weighted by molar-refractivity contribution is 5.91. The molecule has 0 aliphatic carbocycles. The van der Waals surface area contributed by atoms with Gasteiger partial charge in [0.05, 0.1) is 17.8 Å². The Morgan fingerprint density at radius 2 is 1.57 bits per heavy atom. The van der Waals surface area contributed by atoms with Gasteiger partial charge in [-0.1, -0.05) is 63.8 Å². The van der Waals surface area contributed by atoms with E-state index in [0.29, 0.717) is 17.1 Å². The molecule has 4 heteroatoms. The van der Waals surface area contributed by atoms with E-state index in [-0.39, 0.29) is 12.2 Å². The van der Waals surface area contributed by atoms with Crippen LogP contribution in [0.4, 0.5) is 0 Å². The fourth-order valence-corrected chi connectivity index (χ4v) is 3.25. The first kappa shape index (κ1) is 23.9. The molecule has 0 spiro atoms. The number of hydrogen-bond acceptors (Lipinski definition) is 4. The summed E-state index contributed by atoms with van der Waals surface area (Å²) in [6.07, 6.45) is 6.82. The molecule has 0 saturated heterocycles. The van der Waals surface area contributed by atoms with Crippen molar-refractivity contribution in [1.82, 2.24) is 0 Å². The Bertz CT molecular complexity index is 754. The third-order valence-electron chi connectivity index (χ3n) is 5.06. The van der Waals surface area contributed by atoms with Crippen molar-refractivity contribution in [1.29, 1.82) is 0 Å². The quantitative estimate of drug-likeness (QED) is 0.199. The van der Waals surface area contributed by atoms with Gasteiger partial charge in [-0.2, -0.15) is 0 Å². The van der Waals surface area contributed by atoms with E-state index in [1.807, 2.05) is 44.2 Å². The van der Waals surface area contributed by atoms with E-state index < -0.39 is 5.97 Å². The Hall–Kier alpha value is -2.33. The maximum absolute atomic E-state index is 12.6. The Kier molecular flexibility index (Phi) is 10.4. The van der Waals surface area contributed by atoms with Gasteiger partial charge >= 0.3 is 5.97 Å². The molecule has 0 aliphatic rings. The second kappa shape index (κ2) is 13.1. The first-order valence-electron chi connectivity index (χ1n) is 11.2. The number of hydrogen-bond donors (Lipinski definition) is 0. The van der Waals surface area contributed by atoms with E-state index in [4.69, 9.17) is 14.2 Å². The lowest BCUT2D eigenvalue weighted by molar-refractivity contribution is 0.0626. The zero-order valence-corrected chi connectivity index (χ0v) is 18.9. The van der Waals surface area contributed by atoms with Gasteiger partial charge in [0.1, 0.15) is 0 Å². The summed E-state index contributed by atoms with van der Waals surface area (Å²) in [5.41, 5.74) is 1.56. The van der Waals surface area contributed by atoms with Gasteiger partial charge in [-0.05, 0) is 56.5 Å². The second-order valence-electron chi connectivity index (χ2n) is 7.75. The lowest BCUT2D eigenvalue weighted by Gasteiger charge is -2.17. The van der Waals surface area contributed by atoms with E-state index in [2.05, 4.69) is 13.8 Å². The molecule has 4 nitrogen and oxygen atoms in total. The molecule has 0 saturated carbocycles. The first-order chi connectivity index (χ1) is 14.5. The average molecular weight is 413 g/mol. The van der Waals surface area contributed by atoms with Crippen LogP contribution < -0.4 is 9.47 Å². The van der Waals surface area contributed by atoms with Crippen LogP contribution in [0.1, 0.15) is 88.2 Å². The van der Waals surface area contributed by atoms with Gasteiger partial charge in [0.15, 0.2) is 11.5 Å². The monoisotopic (exact) mass is 412 g/mol. The molecule has 0 radical (unpaired) electrons.